The minimum absolute atomic E-state index is 0.0302. The van der Waals surface area contributed by atoms with E-state index in [2.05, 4.69) is 10.6 Å². The van der Waals surface area contributed by atoms with Crippen LogP contribution in [0.3, 0.4) is 0 Å². The van der Waals surface area contributed by atoms with Crippen molar-refractivity contribution in [2.45, 2.75) is 97.3 Å². The lowest BCUT2D eigenvalue weighted by Gasteiger charge is -2.32. The summed E-state index contributed by atoms with van der Waals surface area (Å²) in [5.41, 5.74) is -0.155. The second kappa shape index (κ2) is 13.4. The number of amides is 4. The molecule has 1 aliphatic heterocycles. The molecule has 37 heavy (non-hydrogen) atoms. The molecule has 206 valence electrons. The van der Waals surface area contributed by atoms with Crippen LogP contribution < -0.4 is 15.4 Å². The summed E-state index contributed by atoms with van der Waals surface area (Å²) in [6, 6.07) is 5.41. The number of benzene rings is 1. The third-order valence-corrected chi connectivity index (χ3v) is 6.40. The summed E-state index contributed by atoms with van der Waals surface area (Å²) in [6.07, 6.45) is 3.44. The van der Waals surface area contributed by atoms with Crippen LogP contribution in [0.5, 0.6) is 5.75 Å². The van der Waals surface area contributed by atoms with E-state index >= 15 is 0 Å². The number of likely N-dealkylation sites (N-methyl/N-ethyl adjacent to an activating group) is 1. The fraction of sp³-hybridized carbons (Fsp3) is 0.643. The maximum atomic E-state index is 13.6. The Kier molecular flexibility index (Phi) is 10.9. The van der Waals surface area contributed by atoms with Gasteiger partial charge in [-0.15, -0.1) is 0 Å². The Morgan fingerprint density at radius 1 is 1.16 bits per heavy atom. The van der Waals surface area contributed by atoms with E-state index in [1.54, 1.807) is 41.1 Å². The number of carbonyl (C=O) groups is 4. The van der Waals surface area contributed by atoms with E-state index in [9.17, 15) is 19.2 Å². The molecule has 2 N–H and O–H groups in total. The van der Waals surface area contributed by atoms with E-state index in [0.717, 1.165) is 19.3 Å². The first-order chi connectivity index (χ1) is 17.4. The van der Waals surface area contributed by atoms with Crippen molar-refractivity contribution in [3.63, 3.8) is 0 Å². The fourth-order valence-corrected chi connectivity index (χ4v) is 4.26. The Hall–Kier alpha value is -3.10. The summed E-state index contributed by atoms with van der Waals surface area (Å²) in [7, 11) is 1.75. The lowest BCUT2D eigenvalue weighted by Crippen LogP contribution is -2.54. The first-order valence-corrected chi connectivity index (χ1v) is 13.3. The van der Waals surface area contributed by atoms with Gasteiger partial charge in [-0.05, 0) is 66.0 Å². The molecule has 4 amide bonds. The topological polar surface area (TPSA) is 108 Å². The van der Waals surface area contributed by atoms with Gasteiger partial charge in [0.05, 0.1) is 5.56 Å². The van der Waals surface area contributed by atoms with E-state index in [1.165, 1.54) is 0 Å². The number of nitrogens with zero attached hydrogens (tertiary/aromatic N) is 2. The highest BCUT2D eigenvalue weighted by molar-refractivity contribution is 6.00. The summed E-state index contributed by atoms with van der Waals surface area (Å²) in [4.78, 5) is 55.5. The van der Waals surface area contributed by atoms with Gasteiger partial charge in [0.15, 0.2) is 6.61 Å². The van der Waals surface area contributed by atoms with E-state index in [-0.39, 0.29) is 41.7 Å². The SMILES string of the molecule is CCCCC(NC(=O)c1ccccc1OCC(=O)NC(C)(C)C)C(=O)N1CCCC1C(=O)N(C)C(C)C. The number of carbonyl (C=O) groups excluding carboxylic acids is 4. The summed E-state index contributed by atoms with van der Waals surface area (Å²) in [5, 5.41) is 5.71. The largest absolute Gasteiger partial charge is 0.483 e. The zero-order chi connectivity index (χ0) is 27.8. The van der Waals surface area contributed by atoms with Crippen LogP contribution in [0.4, 0.5) is 0 Å². The predicted octanol–water partition coefficient (Wildman–Crippen LogP) is 3.13. The van der Waals surface area contributed by atoms with Gasteiger partial charge in [0, 0.05) is 25.2 Å². The van der Waals surface area contributed by atoms with Crippen molar-refractivity contribution in [3.8, 4) is 5.75 Å². The molecular weight excluding hydrogens is 472 g/mol. The van der Waals surface area contributed by atoms with Crippen molar-refractivity contribution in [2.24, 2.45) is 0 Å². The van der Waals surface area contributed by atoms with Crippen LogP contribution in [0.15, 0.2) is 24.3 Å². The average molecular weight is 517 g/mol. The second-order valence-corrected chi connectivity index (χ2v) is 11.0. The minimum Gasteiger partial charge on any atom is -0.483 e. The molecule has 0 radical (unpaired) electrons. The van der Waals surface area contributed by atoms with Crippen molar-refractivity contribution in [2.75, 3.05) is 20.2 Å². The molecule has 1 saturated heterocycles. The molecule has 0 aromatic heterocycles. The Morgan fingerprint density at radius 3 is 2.46 bits per heavy atom. The number of hydrogen-bond donors (Lipinski definition) is 2. The summed E-state index contributed by atoms with van der Waals surface area (Å²) in [5.74, 6) is -0.803. The third-order valence-electron chi connectivity index (χ3n) is 6.40. The van der Waals surface area contributed by atoms with Gasteiger partial charge in [-0.3, -0.25) is 19.2 Å². The predicted molar refractivity (Wildman–Crippen MR) is 143 cm³/mol. The molecule has 1 aromatic rings. The molecule has 2 atom stereocenters. The molecule has 0 saturated carbocycles. The van der Waals surface area contributed by atoms with Crippen LogP contribution in [-0.2, 0) is 14.4 Å². The fourth-order valence-electron chi connectivity index (χ4n) is 4.26. The summed E-state index contributed by atoms with van der Waals surface area (Å²) in [6.45, 7) is 11.8. The number of unbranched alkanes of at least 4 members (excludes halogenated alkanes) is 1. The highest BCUT2D eigenvalue weighted by atomic mass is 16.5. The van der Waals surface area contributed by atoms with Gasteiger partial charge in [-0.1, -0.05) is 31.9 Å². The Morgan fingerprint density at radius 2 is 1.84 bits per heavy atom. The maximum absolute atomic E-state index is 13.6. The molecule has 1 aliphatic rings. The van der Waals surface area contributed by atoms with E-state index in [4.69, 9.17) is 4.74 Å². The molecule has 1 aromatic carbocycles. The molecule has 9 nitrogen and oxygen atoms in total. The molecule has 0 spiro atoms. The number of likely N-dealkylation sites (tertiary alicyclic amines) is 1. The van der Waals surface area contributed by atoms with Crippen LogP contribution in [0.2, 0.25) is 0 Å². The van der Waals surface area contributed by atoms with Gasteiger partial charge < -0.3 is 25.2 Å². The van der Waals surface area contributed by atoms with E-state index in [1.807, 2.05) is 41.5 Å². The molecule has 2 unspecified atom stereocenters. The molecular formula is C28H44N4O5. The van der Waals surface area contributed by atoms with Crippen molar-refractivity contribution < 1.29 is 23.9 Å². The van der Waals surface area contributed by atoms with Crippen LogP contribution in [0.25, 0.3) is 0 Å². The zero-order valence-corrected chi connectivity index (χ0v) is 23.4. The van der Waals surface area contributed by atoms with Gasteiger partial charge >= 0.3 is 0 Å². The first kappa shape index (κ1) is 30.1. The average Bonchev–Trinajstić information content (AvgIpc) is 3.32. The standard InChI is InChI=1S/C28H44N4O5/c1-8-9-14-21(26(35)32-17-12-15-22(32)27(36)31(7)19(2)3)29-25(34)20-13-10-11-16-23(20)37-18-24(33)30-28(4,5)6/h10-11,13,16,19,21-22H,8-9,12,14-15,17-18H2,1-7H3,(H,29,34)(H,30,33). The molecule has 9 heteroatoms. The van der Waals surface area contributed by atoms with E-state index < -0.39 is 23.5 Å². The van der Waals surface area contributed by atoms with E-state index in [0.29, 0.717) is 19.4 Å². The van der Waals surface area contributed by atoms with Crippen LogP contribution in [0.1, 0.15) is 84.0 Å². The van der Waals surface area contributed by atoms with Gasteiger partial charge in [0.2, 0.25) is 11.8 Å². The molecule has 2 rings (SSSR count). The lowest BCUT2D eigenvalue weighted by molar-refractivity contribution is -0.145. The van der Waals surface area contributed by atoms with Crippen LogP contribution >= 0.6 is 0 Å². The van der Waals surface area contributed by atoms with Crippen molar-refractivity contribution in [3.05, 3.63) is 29.8 Å². The monoisotopic (exact) mass is 516 g/mol. The quantitative estimate of drug-likeness (QED) is 0.470. The van der Waals surface area contributed by atoms with Crippen molar-refractivity contribution in [1.82, 2.24) is 20.4 Å². The second-order valence-electron chi connectivity index (χ2n) is 11.0. The molecule has 0 aliphatic carbocycles. The summed E-state index contributed by atoms with van der Waals surface area (Å²) >= 11 is 0. The number of para-hydroxylation sites is 1. The zero-order valence-electron chi connectivity index (χ0n) is 23.4. The summed E-state index contributed by atoms with van der Waals surface area (Å²) < 4.78 is 5.67. The van der Waals surface area contributed by atoms with Crippen LogP contribution in [-0.4, -0.2) is 77.3 Å². The number of hydrogen-bond acceptors (Lipinski definition) is 5. The third kappa shape index (κ3) is 8.76. The number of ether oxygens (including phenoxy) is 1. The highest BCUT2D eigenvalue weighted by Gasteiger charge is 2.39. The lowest BCUT2D eigenvalue weighted by atomic mass is 10.1. The molecule has 0 bridgehead atoms. The Labute approximate surface area is 221 Å². The molecule has 1 heterocycles. The Bertz CT molecular complexity index is 956. The molecule has 1 fully saturated rings. The van der Waals surface area contributed by atoms with Crippen molar-refractivity contribution in [1.29, 1.82) is 0 Å². The van der Waals surface area contributed by atoms with Gasteiger partial charge in [-0.2, -0.15) is 0 Å². The van der Waals surface area contributed by atoms with Crippen LogP contribution in [0, 0.1) is 0 Å². The Balaban J connectivity index is 2.17. The van der Waals surface area contributed by atoms with Gasteiger partial charge in [-0.25, -0.2) is 0 Å². The highest BCUT2D eigenvalue weighted by Crippen LogP contribution is 2.23. The van der Waals surface area contributed by atoms with Gasteiger partial charge in [0.1, 0.15) is 17.8 Å². The minimum atomic E-state index is -0.762. The normalized spacial score (nSPS) is 16.3. The number of nitrogens with one attached hydrogen (secondary N) is 2. The smallest absolute Gasteiger partial charge is 0.258 e. The first-order valence-electron chi connectivity index (χ1n) is 13.3. The van der Waals surface area contributed by atoms with Gasteiger partial charge in [0.25, 0.3) is 11.8 Å². The van der Waals surface area contributed by atoms with Crippen molar-refractivity contribution >= 4 is 23.6 Å². The maximum Gasteiger partial charge on any atom is 0.258 e. The number of rotatable bonds is 11.